The predicted octanol–water partition coefficient (Wildman–Crippen LogP) is 20.4. The number of nitrogens with zero attached hydrogens (tertiary/aromatic N) is 1. The Hall–Kier alpha value is -4.11. The molecule has 1 N–H and O–H groups in total. The van der Waals surface area contributed by atoms with Crippen molar-refractivity contribution in [2.45, 2.75) is 264 Å². The molecular weight excluding hydrogens is 1050 g/mol. The maximum atomic E-state index is 13.5. The molecule has 1 amide bonds. The number of nitrogens with one attached hydrogen (secondary N) is 1. The molecule has 0 fully saturated rings. The zero-order valence-corrected chi connectivity index (χ0v) is 54.7. The maximum Gasteiger partial charge on any atom is 0.306 e. The number of ether oxygens (including phenoxy) is 1. The Kier molecular flexibility index (Phi) is 58.0. The molecule has 0 aliphatic carbocycles. The largest absolute Gasteiger partial charge is 0.756 e. The highest BCUT2D eigenvalue weighted by molar-refractivity contribution is 7.45. The number of likely N-dealkylation sites (N-methyl/N-ethyl adjacent to an activating group) is 1. The number of amides is 1. The molecular formula is C73H123N2O7P. The van der Waals surface area contributed by atoms with Gasteiger partial charge in [-0.2, -0.15) is 0 Å². The Morgan fingerprint density at radius 1 is 0.434 bits per heavy atom. The van der Waals surface area contributed by atoms with Crippen LogP contribution in [-0.4, -0.2) is 69.4 Å². The average Bonchev–Trinajstić information content (AvgIpc) is 3.47. The highest BCUT2D eigenvalue weighted by Gasteiger charge is 2.27. The van der Waals surface area contributed by atoms with E-state index >= 15 is 0 Å². The van der Waals surface area contributed by atoms with Crippen LogP contribution in [0.25, 0.3) is 0 Å². The van der Waals surface area contributed by atoms with Gasteiger partial charge in [-0.3, -0.25) is 14.2 Å². The number of phosphoric acid groups is 1. The second-order valence-electron chi connectivity index (χ2n) is 22.9. The van der Waals surface area contributed by atoms with Crippen LogP contribution in [0, 0.1) is 0 Å². The molecule has 0 saturated heterocycles. The lowest BCUT2D eigenvalue weighted by Gasteiger charge is -2.30. The molecule has 0 spiro atoms. The smallest absolute Gasteiger partial charge is 0.306 e. The van der Waals surface area contributed by atoms with Gasteiger partial charge in [-0.1, -0.05) is 263 Å². The van der Waals surface area contributed by atoms with Gasteiger partial charge in [0.1, 0.15) is 19.3 Å². The number of unbranched alkanes of at least 4 members (excludes halogenated alkanes) is 20. The van der Waals surface area contributed by atoms with Gasteiger partial charge in [-0.15, -0.1) is 0 Å². The molecule has 10 heteroatoms. The lowest BCUT2D eigenvalue weighted by atomic mass is 10.0. The molecule has 83 heavy (non-hydrogen) atoms. The van der Waals surface area contributed by atoms with Crippen molar-refractivity contribution in [2.24, 2.45) is 0 Å². The van der Waals surface area contributed by atoms with Crippen LogP contribution < -0.4 is 10.2 Å². The van der Waals surface area contributed by atoms with E-state index in [9.17, 15) is 19.0 Å². The van der Waals surface area contributed by atoms with Gasteiger partial charge < -0.3 is 28.5 Å². The Morgan fingerprint density at radius 2 is 0.783 bits per heavy atom. The zero-order valence-electron chi connectivity index (χ0n) is 53.8. The van der Waals surface area contributed by atoms with Gasteiger partial charge >= 0.3 is 5.97 Å². The number of hydrogen-bond donors (Lipinski definition) is 1. The summed E-state index contributed by atoms with van der Waals surface area (Å²) in [5.41, 5.74) is 0. The summed E-state index contributed by atoms with van der Waals surface area (Å²) < 4.78 is 30.3. The highest BCUT2D eigenvalue weighted by atomic mass is 31.2. The highest BCUT2D eigenvalue weighted by Crippen LogP contribution is 2.38. The number of phosphoric ester groups is 1. The summed E-state index contributed by atoms with van der Waals surface area (Å²) >= 11 is 0. The van der Waals surface area contributed by atoms with Crippen molar-refractivity contribution in [3.8, 4) is 0 Å². The third-order valence-corrected chi connectivity index (χ3v) is 14.7. The summed E-state index contributed by atoms with van der Waals surface area (Å²) in [6.07, 6.45) is 88.3. The minimum atomic E-state index is -4.73. The van der Waals surface area contributed by atoms with Crippen LogP contribution in [0.15, 0.2) is 146 Å². The molecule has 0 aromatic rings. The van der Waals surface area contributed by atoms with Crippen molar-refractivity contribution < 1.29 is 37.3 Å². The van der Waals surface area contributed by atoms with Crippen LogP contribution in [0.1, 0.15) is 252 Å². The lowest BCUT2D eigenvalue weighted by molar-refractivity contribution is -0.870. The Bertz CT molecular complexity index is 1930. The van der Waals surface area contributed by atoms with Crippen molar-refractivity contribution in [2.75, 3.05) is 40.9 Å². The van der Waals surface area contributed by atoms with Gasteiger partial charge in [0.15, 0.2) is 0 Å². The van der Waals surface area contributed by atoms with Gasteiger partial charge in [0.05, 0.1) is 33.8 Å². The first-order valence-corrected chi connectivity index (χ1v) is 34.6. The van der Waals surface area contributed by atoms with E-state index in [0.29, 0.717) is 23.9 Å². The summed E-state index contributed by atoms with van der Waals surface area (Å²) in [4.78, 5) is 40.1. The number of quaternary nitrogens is 1. The Balaban J connectivity index is 5.25. The van der Waals surface area contributed by atoms with E-state index in [0.717, 1.165) is 122 Å². The van der Waals surface area contributed by atoms with Crippen LogP contribution in [-0.2, 0) is 27.9 Å². The van der Waals surface area contributed by atoms with Crippen molar-refractivity contribution in [3.63, 3.8) is 0 Å². The first-order valence-electron chi connectivity index (χ1n) is 33.1. The third-order valence-electron chi connectivity index (χ3n) is 13.8. The fourth-order valence-corrected chi connectivity index (χ4v) is 9.46. The molecule has 472 valence electrons. The zero-order chi connectivity index (χ0) is 60.7. The molecule has 3 unspecified atom stereocenters. The van der Waals surface area contributed by atoms with Crippen molar-refractivity contribution >= 4 is 19.7 Å². The first kappa shape index (κ1) is 78.9. The van der Waals surface area contributed by atoms with Crippen LogP contribution in [0.5, 0.6) is 0 Å². The predicted molar refractivity (Wildman–Crippen MR) is 357 cm³/mol. The van der Waals surface area contributed by atoms with E-state index in [4.69, 9.17) is 13.8 Å². The average molecular weight is 1170 g/mol. The van der Waals surface area contributed by atoms with Gasteiger partial charge in [0.25, 0.3) is 7.82 Å². The van der Waals surface area contributed by atoms with Gasteiger partial charge in [-0.25, -0.2) is 0 Å². The minimum absolute atomic E-state index is 0.0422. The van der Waals surface area contributed by atoms with Gasteiger partial charge in [0.2, 0.25) is 5.91 Å². The summed E-state index contributed by atoms with van der Waals surface area (Å²) in [7, 11) is 1.12. The van der Waals surface area contributed by atoms with Gasteiger partial charge in [0, 0.05) is 12.8 Å². The minimum Gasteiger partial charge on any atom is -0.756 e. The maximum absolute atomic E-state index is 13.5. The molecule has 0 heterocycles. The van der Waals surface area contributed by atoms with E-state index in [1.807, 2.05) is 33.3 Å². The number of rotatable bonds is 58. The molecule has 0 radical (unpaired) electrons. The Labute approximate surface area is 510 Å². The molecule has 3 atom stereocenters. The van der Waals surface area contributed by atoms with E-state index in [1.165, 1.54) is 83.5 Å². The van der Waals surface area contributed by atoms with Crippen LogP contribution in [0.4, 0.5) is 0 Å². The summed E-state index contributed by atoms with van der Waals surface area (Å²) in [6, 6.07) is -0.933. The molecule has 0 rings (SSSR count). The standard InChI is InChI=1S/C73H123N2O7P/c1-7-10-13-16-19-22-25-28-30-32-33-34-35-36-37-38-39-40-41-43-45-48-51-54-57-60-63-66-73(77)82-71(64-61-58-55-52-49-46-27-24-21-18-15-12-9-3)70(69-81-83(78,79)80-68-67-75(4,5)6)74-72(76)65-62-59-56-53-50-47-44-42-31-29-26-23-20-17-14-11-8-2/h10-11,13-14,19-20,22-23,28-31,33-34,36-37,39-40,44,47,53,56,61,64,70-71H,7-9,12,15-18,21,24-27,32,35,38,41-43,45-46,48-52,54-55,57-60,62-63,65-69H2,1-6H3,(H-,74,76,78,79)/b13-10-,14-11-,22-19-,23-20-,30-28-,31-29-,34-33-,37-36-,40-39-,47-44-,56-53-,64-61-. The number of esters is 1. The quantitative estimate of drug-likeness (QED) is 0.0212. The molecule has 0 aliphatic heterocycles. The first-order chi connectivity index (χ1) is 40.4. The topological polar surface area (TPSA) is 114 Å². The number of hydrogen-bond acceptors (Lipinski definition) is 7. The van der Waals surface area contributed by atoms with Crippen molar-refractivity contribution in [3.05, 3.63) is 146 Å². The summed E-state index contributed by atoms with van der Waals surface area (Å²) in [5.74, 6) is -0.628. The second kappa shape index (κ2) is 61.0. The van der Waals surface area contributed by atoms with Crippen LogP contribution >= 0.6 is 7.82 Å². The van der Waals surface area contributed by atoms with Crippen LogP contribution in [0.2, 0.25) is 0 Å². The molecule has 0 aliphatic rings. The molecule has 0 saturated carbocycles. The van der Waals surface area contributed by atoms with E-state index in [-0.39, 0.29) is 31.3 Å². The summed E-state index contributed by atoms with van der Waals surface area (Å²) in [6.45, 7) is 6.55. The Morgan fingerprint density at radius 3 is 1.18 bits per heavy atom. The van der Waals surface area contributed by atoms with Gasteiger partial charge in [-0.05, 0) is 122 Å². The number of allylic oxidation sites excluding steroid dienone is 23. The number of carbonyl (C=O) groups is 2. The molecule has 0 aromatic heterocycles. The van der Waals surface area contributed by atoms with Crippen molar-refractivity contribution in [1.82, 2.24) is 5.32 Å². The number of carbonyl (C=O) groups excluding carboxylic acids is 2. The lowest BCUT2D eigenvalue weighted by Crippen LogP contribution is -2.47. The normalized spacial score (nSPS) is 14.5. The fourth-order valence-electron chi connectivity index (χ4n) is 8.74. The van der Waals surface area contributed by atoms with E-state index in [2.05, 4.69) is 160 Å². The second-order valence-corrected chi connectivity index (χ2v) is 24.3. The van der Waals surface area contributed by atoms with Crippen molar-refractivity contribution in [1.29, 1.82) is 0 Å². The molecule has 9 nitrogen and oxygen atoms in total. The SMILES string of the molecule is CC/C=C\C/C=C\C/C=C\C/C=C\C/C=C\C/C=C\CCCCCCCCCCC(=O)OC(/C=C\CCCCCCCCCCCCC)C(COP(=O)([O-])OCC[N+](C)(C)C)NC(=O)CCC/C=C\C/C=C\C/C=C\C/C=C\C/C=C\CC. The summed E-state index contributed by atoms with van der Waals surface area (Å²) in [5, 5.41) is 2.99. The molecule has 0 bridgehead atoms. The third kappa shape index (κ3) is 62.2. The monoisotopic (exact) mass is 1170 g/mol. The van der Waals surface area contributed by atoms with Crippen LogP contribution in [0.3, 0.4) is 0 Å². The molecule has 0 aromatic carbocycles. The van der Waals surface area contributed by atoms with E-state index < -0.39 is 26.6 Å². The van der Waals surface area contributed by atoms with E-state index in [1.54, 1.807) is 0 Å². The fraction of sp³-hybridized carbons (Fsp3) is 0.644.